The molecule has 0 radical (unpaired) electrons. The zero-order valence-electron chi connectivity index (χ0n) is 15.4. The number of carbonyl (C=O) groups excluding carboxylic acids is 2. The first-order valence-electron chi connectivity index (χ1n) is 9.32. The fourth-order valence-electron chi connectivity index (χ4n) is 4.78. The van der Waals surface area contributed by atoms with Crippen LogP contribution in [0.1, 0.15) is 22.7 Å². The topological polar surface area (TPSA) is 64.4 Å². The number of alkyl halides is 3. The molecular formula is C22H14F3N3O2. The van der Waals surface area contributed by atoms with Crippen molar-refractivity contribution in [1.82, 2.24) is 4.90 Å². The van der Waals surface area contributed by atoms with Crippen molar-refractivity contribution in [3.63, 3.8) is 0 Å². The second-order valence-corrected chi connectivity index (χ2v) is 7.52. The average Bonchev–Trinajstić information content (AvgIpc) is 3.20. The molecule has 0 saturated carbocycles. The van der Waals surface area contributed by atoms with Crippen molar-refractivity contribution in [3.8, 4) is 6.07 Å². The maximum Gasteiger partial charge on any atom is 0.416 e. The molecule has 4 atom stereocenters. The van der Waals surface area contributed by atoms with Crippen LogP contribution in [0, 0.1) is 23.2 Å². The lowest BCUT2D eigenvalue weighted by atomic mass is 9.85. The molecule has 5 rings (SSSR count). The van der Waals surface area contributed by atoms with E-state index in [1.807, 2.05) is 30.3 Å². The minimum Gasteiger partial charge on any atom is -0.353 e. The molecule has 0 aromatic heterocycles. The van der Waals surface area contributed by atoms with Crippen molar-refractivity contribution < 1.29 is 22.8 Å². The van der Waals surface area contributed by atoms with Gasteiger partial charge in [-0.3, -0.25) is 9.59 Å². The third kappa shape index (κ3) is 2.41. The summed E-state index contributed by atoms with van der Waals surface area (Å²) in [6.45, 7) is 0. The molecule has 30 heavy (non-hydrogen) atoms. The van der Waals surface area contributed by atoms with Crippen LogP contribution in [0.15, 0.2) is 54.7 Å². The lowest BCUT2D eigenvalue weighted by Gasteiger charge is -2.33. The summed E-state index contributed by atoms with van der Waals surface area (Å²) in [6.07, 6.45) is -1.05. The number of hydrogen-bond donors (Lipinski definition) is 0. The van der Waals surface area contributed by atoms with E-state index < -0.39 is 47.5 Å². The Labute approximate surface area is 169 Å². The normalized spacial score (nSPS) is 27.0. The van der Waals surface area contributed by atoms with Gasteiger partial charge in [-0.2, -0.15) is 18.4 Å². The molecule has 0 N–H and O–H groups in total. The summed E-state index contributed by atoms with van der Waals surface area (Å²) in [5, 5.41) is 9.76. The van der Waals surface area contributed by atoms with E-state index in [0.717, 1.165) is 28.2 Å². The van der Waals surface area contributed by atoms with Gasteiger partial charge in [0.1, 0.15) is 6.04 Å². The molecule has 5 nitrogen and oxygen atoms in total. The fraction of sp³-hybridized carbons (Fsp3) is 0.227. The minimum atomic E-state index is -4.60. The van der Waals surface area contributed by atoms with Gasteiger partial charge in [0.25, 0.3) is 0 Å². The van der Waals surface area contributed by atoms with E-state index in [2.05, 4.69) is 6.07 Å². The van der Waals surface area contributed by atoms with E-state index in [4.69, 9.17) is 0 Å². The summed E-state index contributed by atoms with van der Waals surface area (Å²) in [7, 11) is 0. The highest BCUT2D eigenvalue weighted by Crippen LogP contribution is 2.53. The molecule has 3 aliphatic rings. The van der Waals surface area contributed by atoms with E-state index >= 15 is 0 Å². The van der Waals surface area contributed by atoms with E-state index in [0.29, 0.717) is 0 Å². The van der Waals surface area contributed by atoms with Crippen LogP contribution >= 0.6 is 0 Å². The molecule has 2 aromatic carbocycles. The summed E-state index contributed by atoms with van der Waals surface area (Å²) < 4.78 is 39.4. The lowest BCUT2D eigenvalue weighted by Crippen LogP contribution is -2.40. The maximum atomic E-state index is 13.3. The van der Waals surface area contributed by atoms with E-state index in [9.17, 15) is 28.0 Å². The van der Waals surface area contributed by atoms with E-state index in [1.54, 1.807) is 11.1 Å². The number of nitriles is 1. The Kier molecular flexibility index (Phi) is 3.81. The SMILES string of the molecule is N#C[C@@H]1[C@@H]2C(=O)N(c3cccc(C(F)(F)F)c3)C(=O)[C@@H]2C2c3ccccc3C=CN21. The number of carbonyl (C=O) groups is 2. The molecule has 2 amide bonds. The molecule has 8 heteroatoms. The zero-order chi connectivity index (χ0) is 21.2. The second kappa shape index (κ2) is 6.20. The first-order chi connectivity index (χ1) is 14.3. The summed E-state index contributed by atoms with van der Waals surface area (Å²) in [5.41, 5.74) is 0.632. The summed E-state index contributed by atoms with van der Waals surface area (Å²) in [4.78, 5) is 29.1. The highest BCUT2D eigenvalue weighted by molar-refractivity contribution is 6.23. The molecule has 2 fully saturated rings. The van der Waals surface area contributed by atoms with Gasteiger partial charge in [-0.1, -0.05) is 30.3 Å². The molecule has 2 aromatic rings. The van der Waals surface area contributed by atoms with Crippen LogP contribution in [0.25, 0.3) is 6.08 Å². The number of imide groups is 1. The van der Waals surface area contributed by atoms with Gasteiger partial charge in [-0.25, -0.2) is 4.90 Å². The molecule has 2 saturated heterocycles. The molecule has 0 bridgehead atoms. The molecule has 0 spiro atoms. The predicted octanol–water partition coefficient (Wildman–Crippen LogP) is 3.74. The molecule has 1 unspecified atom stereocenters. The highest BCUT2D eigenvalue weighted by Gasteiger charge is 2.63. The standard InChI is InChI=1S/C22H14F3N3O2/c23-22(24,25)13-5-3-6-14(10-13)28-20(29)17-16(11-26)27-9-8-12-4-1-2-7-15(12)19(27)18(17)21(28)30/h1-10,16-19H/t16-,17+,18+,19?/m1/s1. The fourth-order valence-corrected chi connectivity index (χ4v) is 4.78. The second-order valence-electron chi connectivity index (χ2n) is 7.52. The monoisotopic (exact) mass is 409 g/mol. The minimum absolute atomic E-state index is 0.128. The predicted molar refractivity (Wildman–Crippen MR) is 100 cm³/mol. The Morgan fingerprint density at radius 1 is 0.967 bits per heavy atom. The Morgan fingerprint density at radius 2 is 1.70 bits per heavy atom. The first kappa shape index (κ1) is 18.4. The summed E-state index contributed by atoms with van der Waals surface area (Å²) >= 11 is 0. The number of benzene rings is 2. The lowest BCUT2D eigenvalue weighted by molar-refractivity contribution is -0.137. The summed E-state index contributed by atoms with van der Waals surface area (Å²) in [5.74, 6) is -3.01. The Morgan fingerprint density at radius 3 is 2.43 bits per heavy atom. The third-order valence-electron chi connectivity index (χ3n) is 6.03. The van der Waals surface area contributed by atoms with Crippen molar-refractivity contribution in [3.05, 3.63) is 71.4 Å². The van der Waals surface area contributed by atoms with Gasteiger partial charge in [-0.15, -0.1) is 0 Å². The van der Waals surface area contributed by atoms with Crippen molar-refractivity contribution in [2.45, 2.75) is 18.3 Å². The number of hydrogen-bond acceptors (Lipinski definition) is 4. The zero-order valence-corrected chi connectivity index (χ0v) is 15.4. The van der Waals surface area contributed by atoms with Gasteiger partial charge in [-0.05, 0) is 35.4 Å². The largest absolute Gasteiger partial charge is 0.416 e. The number of amides is 2. The van der Waals surface area contributed by atoms with Crippen molar-refractivity contribution in [1.29, 1.82) is 5.26 Å². The molecular weight excluding hydrogens is 395 g/mol. The quantitative estimate of drug-likeness (QED) is 0.673. The number of anilines is 1. The van der Waals surface area contributed by atoms with Crippen molar-refractivity contribution in [2.24, 2.45) is 11.8 Å². The van der Waals surface area contributed by atoms with Crippen LogP contribution in [-0.2, 0) is 15.8 Å². The van der Waals surface area contributed by atoms with Crippen LogP contribution in [0.5, 0.6) is 0 Å². The Balaban J connectivity index is 1.61. The van der Waals surface area contributed by atoms with Crippen LogP contribution in [-0.4, -0.2) is 22.8 Å². The number of fused-ring (bicyclic) bond motifs is 5. The summed E-state index contributed by atoms with van der Waals surface area (Å²) in [6, 6.07) is 12.3. The average molecular weight is 409 g/mol. The van der Waals surface area contributed by atoms with E-state index in [-0.39, 0.29) is 5.69 Å². The first-order valence-corrected chi connectivity index (χ1v) is 9.32. The van der Waals surface area contributed by atoms with Gasteiger partial charge in [0.15, 0.2) is 0 Å². The maximum absolute atomic E-state index is 13.3. The van der Waals surface area contributed by atoms with Crippen LogP contribution in [0.2, 0.25) is 0 Å². The number of halogens is 3. The van der Waals surface area contributed by atoms with Crippen molar-refractivity contribution >= 4 is 23.6 Å². The van der Waals surface area contributed by atoms with Gasteiger partial charge in [0.2, 0.25) is 11.8 Å². The van der Waals surface area contributed by atoms with Gasteiger partial charge in [0.05, 0.1) is 35.2 Å². The molecule has 150 valence electrons. The molecule has 0 aliphatic carbocycles. The van der Waals surface area contributed by atoms with Gasteiger partial charge >= 0.3 is 6.18 Å². The Hall–Kier alpha value is -3.60. The van der Waals surface area contributed by atoms with Gasteiger partial charge < -0.3 is 4.90 Å². The molecule has 3 aliphatic heterocycles. The third-order valence-corrected chi connectivity index (χ3v) is 6.03. The smallest absolute Gasteiger partial charge is 0.353 e. The number of rotatable bonds is 1. The Bertz CT molecular complexity index is 1150. The molecule has 3 heterocycles. The van der Waals surface area contributed by atoms with Crippen LogP contribution in [0.3, 0.4) is 0 Å². The van der Waals surface area contributed by atoms with Gasteiger partial charge in [0, 0.05) is 6.20 Å². The number of nitrogens with zero attached hydrogens (tertiary/aromatic N) is 3. The van der Waals surface area contributed by atoms with Crippen LogP contribution in [0.4, 0.5) is 18.9 Å². The van der Waals surface area contributed by atoms with E-state index in [1.165, 1.54) is 12.1 Å². The van der Waals surface area contributed by atoms with Crippen molar-refractivity contribution in [2.75, 3.05) is 4.90 Å². The highest BCUT2D eigenvalue weighted by atomic mass is 19.4. The van der Waals surface area contributed by atoms with Crippen LogP contribution < -0.4 is 4.90 Å².